The van der Waals surface area contributed by atoms with Gasteiger partial charge in [0.15, 0.2) is 11.6 Å². The van der Waals surface area contributed by atoms with Crippen molar-refractivity contribution < 1.29 is 18.7 Å². The number of hydrogen-bond acceptors (Lipinski definition) is 6. The molecule has 5 rings (SSSR count). The molecule has 37 heavy (non-hydrogen) atoms. The summed E-state index contributed by atoms with van der Waals surface area (Å²) < 4.78 is 24.6. The molecule has 0 radical (unpaired) electrons. The van der Waals surface area contributed by atoms with Crippen molar-refractivity contribution in [3.05, 3.63) is 65.2 Å². The van der Waals surface area contributed by atoms with E-state index in [4.69, 9.17) is 21.4 Å². The number of rotatable bonds is 2. The van der Waals surface area contributed by atoms with E-state index in [2.05, 4.69) is 41.8 Å². The van der Waals surface area contributed by atoms with Crippen molar-refractivity contribution in [3.8, 4) is 0 Å². The quantitative estimate of drug-likeness (QED) is 0.396. The second kappa shape index (κ2) is 18.8. The second-order valence-electron chi connectivity index (χ2n) is 9.09. The molecular formula is C29H48F2N4O2. The molecule has 3 fully saturated rings. The van der Waals surface area contributed by atoms with Crippen LogP contribution in [-0.2, 0) is 10.2 Å². The lowest BCUT2D eigenvalue weighted by molar-refractivity contribution is -0.0980. The number of benzene rings is 2. The third-order valence-corrected chi connectivity index (χ3v) is 6.68. The SMILES string of the molecule is C=O.CC.CNc1ccc(F)c(F)c1.CO.Cc1cccc(C23CCC(N)CC2C3)c1.NC1CCNC1. The maximum atomic E-state index is 12.4. The van der Waals surface area contributed by atoms with Gasteiger partial charge in [-0.25, -0.2) is 8.78 Å². The molecule has 1 saturated heterocycles. The van der Waals surface area contributed by atoms with Gasteiger partial charge in [-0.2, -0.15) is 0 Å². The molecule has 4 atom stereocenters. The summed E-state index contributed by atoms with van der Waals surface area (Å²) in [4.78, 5) is 8.00. The fourth-order valence-corrected chi connectivity index (χ4v) is 4.70. The number of carbonyl (C=O) groups excluding carboxylic acids is 1. The Morgan fingerprint density at radius 3 is 2.16 bits per heavy atom. The number of nitrogens with two attached hydrogens (primary N) is 2. The van der Waals surface area contributed by atoms with Crippen LogP contribution in [0, 0.1) is 24.5 Å². The number of aliphatic hydroxyl groups is 1. The van der Waals surface area contributed by atoms with Gasteiger partial charge in [0.1, 0.15) is 6.79 Å². The highest BCUT2D eigenvalue weighted by Crippen LogP contribution is 2.62. The Hall–Kier alpha value is -2.39. The lowest BCUT2D eigenvalue weighted by Gasteiger charge is -2.26. The lowest BCUT2D eigenvalue weighted by atomic mass is 9.80. The molecule has 2 aliphatic carbocycles. The monoisotopic (exact) mass is 522 g/mol. The Balaban J connectivity index is 0.000000512. The van der Waals surface area contributed by atoms with Gasteiger partial charge >= 0.3 is 0 Å². The summed E-state index contributed by atoms with van der Waals surface area (Å²) in [7, 11) is 2.65. The summed E-state index contributed by atoms with van der Waals surface area (Å²) in [5.41, 5.74) is 15.5. The molecule has 3 aliphatic rings. The number of fused-ring (bicyclic) bond motifs is 1. The Labute approximate surface area is 222 Å². The zero-order valence-corrected chi connectivity index (χ0v) is 23.2. The highest BCUT2D eigenvalue weighted by molar-refractivity contribution is 5.42. The van der Waals surface area contributed by atoms with Gasteiger partial charge in [-0.15, -0.1) is 0 Å². The predicted octanol–water partition coefficient (Wildman–Crippen LogP) is 4.53. The van der Waals surface area contributed by atoms with Crippen molar-refractivity contribution in [2.45, 2.75) is 70.4 Å². The number of aryl methyl sites for hydroxylation is 1. The highest BCUT2D eigenvalue weighted by atomic mass is 19.2. The van der Waals surface area contributed by atoms with Crippen LogP contribution in [0.25, 0.3) is 0 Å². The second-order valence-corrected chi connectivity index (χ2v) is 9.09. The first-order valence-electron chi connectivity index (χ1n) is 13.0. The van der Waals surface area contributed by atoms with Gasteiger partial charge in [-0.3, -0.25) is 0 Å². The van der Waals surface area contributed by atoms with Crippen molar-refractivity contribution >= 4 is 12.5 Å². The van der Waals surface area contributed by atoms with Gasteiger partial charge in [0.25, 0.3) is 0 Å². The molecule has 0 bridgehead atoms. The molecule has 2 aromatic rings. The largest absolute Gasteiger partial charge is 0.400 e. The first-order valence-corrected chi connectivity index (χ1v) is 13.0. The van der Waals surface area contributed by atoms with Crippen LogP contribution in [0.1, 0.15) is 57.1 Å². The Morgan fingerprint density at radius 2 is 1.70 bits per heavy atom. The molecule has 2 saturated carbocycles. The van der Waals surface area contributed by atoms with Gasteiger partial charge < -0.3 is 32.0 Å². The number of halogens is 2. The Morgan fingerprint density at radius 1 is 1.03 bits per heavy atom. The van der Waals surface area contributed by atoms with Gasteiger partial charge in [0, 0.05) is 38.5 Å². The predicted molar refractivity (Wildman–Crippen MR) is 151 cm³/mol. The molecule has 1 aliphatic heterocycles. The fraction of sp³-hybridized carbons (Fsp3) is 0.552. The van der Waals surface area contributed by atoms with Crippen LogP contribution < -0.4 is 22.1 Å². The topological polar surface area (TPSA) is 113 Å². The van der Waals surface area contributed by atoms with Gasteiger partial charge in [-0.05, 0) is 80.7 Å². The molecule has 4 unspecified atom stereocenters. The van der Waals surface area contributed by atoms with Gasteiger partial charge in [-0.1, -0.05) is 43.7 Å². The first-order chi connectivity index (χ1) is 17.8. The van der Waals surface area contributed by atoms with E-state index in [1.165, 1.54) is 37.3 Å². The molecule has 210 valence electrons. The summed E-state index contributed by atoms with van der Waals surface area (Å²) >= 11 is 0. The third kappa shape index (κ3) is 11.3. The minimum Gasteiger partial charge on any atom is -0.400 e. The van der Waals surface area contributed by atoms with Crippen molar-refractivity contribution in [3.63, 3.8) is 0 Å². The van der Waals surface area contributed by atoms with E-state index in [9.17, 15) is 8.78 Å². The number of nitrogens with one attached hydrogen (secondary N) is 2. The molecular weight excluding hydrogens is 474 g/mol. The van der Waals surface area contributed by atoms with Crippen LogP contribution in [0.3, 0.4) is 0 Å². The molecule has 8 heteroatoms. The van der Waals surface area contributed by atoms with Crippen LogP contribution in [0.2, 0.25) is 0 Å². The Kier molecular flexibility index (Phi) is 17.6. The first kappa shape index (κ1) is 34.6. The van der Waals surface area contributed by atoms with E-state index in [0.29, 0.717) is 23.2 Å². The molecule has 0 spiro atoms. The third-order valence-electron chi connectivity index (χ3n) is 6.68. The maximum Gasteiger partial charge on any atom is 0.160 e. The number of aliphatic hydroxyl groups excluding tert-OH is 1. The van der Waals surface area contributed by atoms with E-state index < -0.39 is 11.6 Å². The van der Waals surface area contributed by atoms with E-state index in [0.717, 1.165) is 44.7 Å². The standard InChI is InChI=1S/C14H19N.C7H7F2N.C4H10N2.C2H6.CH4O.CH2O/c1-10-3-2-4-11(7-10)14-6-5-13(15)8-12(14)9-14;1-10-5-2-3-6(8)7(9)4-5;5-4-1-2-6-3-4;3*1-2/h2-4,7,12-13H,5-6,8-9,15H2,1H3;2-4,10H,1H3;4,6H,1-3,5H2;1-2H3;2H,1H3;1H2. The van der Waals surface area contributed by atoms with E-state index >= 15 is 0 Å². The smallest absolute Gasteiger partial charge is 0.160 e. The van der Waals surface area contributed by atoms with Crippen molar-refractivity contribution in [1.82, 2.24) is 5.32 Å². The van der Waals surface area contributed by atoms with E-state index in [1.54, 1.807) is 12.6 Å². The molecule has 6 nitrogen and oxygen atoms in total. The molecule has 0 aromatic heterocycles. The van der Waals surface area contributed by atoms with Crippen molar-refractivity contribution in [2.24, 2.45) is 17.4 Å². The van der Waals surface area contributed by atoms with Crippen LogP contribution >= 0.6 is 0 Å². The van der Waals surface area contributed by atoms with Gasteiger partial charge in [0.2, 0.25) is 0 Å². The van der Waals surface area contributed by atoms with Crippen LogP contribution in [0.15, 0.2) is 42.5 Å². The minimum absolute atomic E-state index is 0.435. The molecule has 7 N–H and O–H groups in total. The maximum absolute atomic E-state index is 12.4. The van der Waals surface area contributed by atoms with Gasteiger partial charge in [0.05, 0.1) is 0 Å². The number of carbonyl (C=O) groups is 1. The number of hydrogen-bond donors (Lipinski definition) is 5. The van der Waals surface area contributed by atoms with Crippen LogP contribution in [0.5, 0.6) is 0 Å². The zero-order chi connectivity index (χ0) is 28.4. The summed E-state index contributed by atoms with van der Waals surface area (Å²) in [6, 6.07) is 13.6. The number of anilines is 1. The zero-order valence-electron chi connectivity index (χ0n) is 23.2. The average Bonchev–Trinajstić information content (AvgIpc) is 3.48. The van der Waals surface area contributed by atoms with Crippen molar-refractivity contribution in [1.29, 1.82) is 0 Å². The highest BCUT2D eigenvalue weighted by Gasteiger charge is 2.56. The van der Waals surface area contributed by atoms with E-state index in [-0.39, 0.29) is 0 Å². The fourth-order valence-electron chi connectivity index (χ4n) is 4.70. The minimum atomic E-state index is -0.827. The van der Waals surface area contributed by atoms with Crippen LogP contribution in [-0.4, -0.2) is 51.2 Å². The molecule has 0 amide bonds. The normalized spacial score (nSPS) is 24.2. The van der Waals surface area contributed by atoms with Crippen LogP contribution in [0.4, 0.5) is 14.5 Å². The lowest BCUT2D eigenvalue weighted by Crippen LogP contribution is -2.29. The van der Waals surface area contributed by atoms with Crippen molar-refractivity contribution in [2.75, 3.05) is 32.6 Å². The summed E-state index contributed by atoms with van der Waals surface area (Å²) in [6.45, 7) is 10.3. The molecule has 2 aromatic carbocycles. The molecule has 1 heterocycles. The Bertz CT molecular complexity index is 881. The summed E-state index contributed by atoms with van der Waals surface area (Å²) in [5, 5.41) is 12.8. The average molecular weight is 523 g/mol. The summed E-state index contributed by atoms with van der Waals surface area (Å²) in [6.07, 6.45) is 6.30. The summed E-state index contributed by atoms with van der Waals surface area (Å²) in [5.74, 6) is -0.770. The van der Waals surface area contributed by atoms with E-state index in [1.807, 2.05) is 20.6 Å².